The van der Waals surface area contributed by atoms with Gasteiger partial charge in [0.15, 0.2) is 0 Å². The van der Waals surface area contributed by atoms with E-state index in [2.05, 4.69) is 191 Å². The van der Waals surface area contributed by atoms with Crippen molar-refractivity contribution in [3.63, 3.8) is 0 Å². The molecule has 0 saturated carbocycles. The van der Waals surface area contributed by atoms with Crippen molar-refractivity contribution in [2.45, 2.75) is 0 Å². The molecule has 2 nitrogen and oxygen atoms in total. The molecule has 0 aliphatic carbocycles. The predicted molar refractivity (Wildman–Crippen MR) is 228 cm³/mol. The first-order valence-electron chi connectivity index (χ1n) is 18.2. The van der Waals surface area contributed by atoms with E-state index in [9.17, 15) is 0 Å². The number of para-hydroxylation sites is 1. The molecule has 0 aliphatic rings. The van der Waals surface area contributed by atoms with Crippen molar-refractivity contribution in [1.82, 2.24) is 9.13 Å². The number of hydrogen-bond acceptors (Lipinski definition) is 1. The zero-order valence-corrected chi connectivity index (χ0v) is 29.4. The number of thiophene rings is 1. The van der Waals surface area contributed by atoms with Crippen LogP contribution < -0.4 is 0 Å². The van der Waals surface area contributed by atoms with Crippen molar-refractivity contribution in [3.05, 3.63) is 182 Å². The molecular formula is C50H30N2S. The van der Waals surface area contributed by atoms with Gasteiger partial charge in [-0.2, -0.15) is 0 Å². The Balaban J connectivity index is 1.15. The van der Waals surface area contributed by atoms with Crippen LogP contribution >= 0.6 is 11.3 Å². The quantitative estimate of drug-likeness (QED) is 0.175. The second-order valence-electron chi connectivity index (χ2n) is 14.1. The molecule has 0 amide bonds. The molecule has 0 radical (unpaired) electrons. The minimum Gasteiger partial charge on any atom is -0.309 e. The molecule has 12 rings (SSSR count). The van der Waals surface area contributed by atoms with Gasteiger partial charge in [0.1, 0.15) is 0 Å². The average Bonchev–Trinajstić information content (AvgIpc) is 3.87. The Labute approximate surface area is 309 Å². The van der Waals surface area contributed by atoms with Crippen LogP contribution in [0, 0.1) is 0 Å². The molecule has 3 aromatic heterocycles. The van der Waals surface area contributed by atoms with Gasteiger partial charge in [-0.3, -0.25) is 0 Å². The van der Waals surface area contributed by atoms with Crippen molar-refractivity contribution < 1.29 is 0 Å². The molecule has 0 fully saturated rings. The summed E-state index contributed by atoms with van der Waals surface area (Å²) in [7, 11) is 0. The maximum atomic E-state index is 2.49. The van der Waals surface area contributed by atoms with Gasteiger partial charge in [0.2, 0.25) is 0 Å². The lowest BCUT2D eigenvalue weighted by Crippen LogP contribution is -1.95. The van der Waals surface area contributed by atoms with Crippen LogP contribution in [-0.2, 0) is 0 Å². The fraction of sp³-hybridized carbons (Fsp3) is 0. The number of nitrogens with zero attached hydrogens (tertiary/aromatic N) is 2. The Bertz CT molecular complexity index is 3460. The molecule has 3 heteroatoms. The van der Waals surface area contributed by atoms with E-state index in [1.165, 1.54) is 108 Å². The Kier molecular flexibility index (Phi) is 5.96. The summed E-state index contributed by atoms with van der Waals surface area (Å²) >= 11 is 1.89. The summed E-state index contributed by atoms with van der Waals surface area (Å²) in [5.74, 6) is 0. The molecule has 0 N–H and O–H groups in total. The molecular weight excluding hydrogens is 661 g/mol. The summed E-state index contributed by atoms with van der Waals surface area (Å²) in [5, 5.41) is 12.8. The predicted octanol–water partition coefficient (Wildman–Crippen LogP) is 14.2. The van der Waals surface area contributed by atoms with Crippen LogP contribution in [0.1, 0.15) is 0 Å². The van der Waals surface area contributed by atoms with Crippen LogP contribution in [0.15, 0.2) is 182 Å². The lowest BCUT2D eigenvalue weighted by molar-refractivity contribution is 1.20. The van der Waals surface area contributed by atoms with E-state index < -0.39 is 0 Å². The van der Waals surface area contributed by atoms with E-state index >= 15 is 0 Å². The highest BCUT2D eigenvalue weighted by molar-refractivity contribution is 7.26. The third kappa shape index (κ3) is 4.08. The molecule has 0 spiro atoms. The smallest absolute Gasteiger partial charge is 0.0548 e. The highest BCUT2D eigenvalue weighted by atomic mass is 32.1. The highest BCUT2D eigenvalue weighted by Gasteiger charge is 2.20. The molecule has 9 aromatic carbocycles. The van der Waals surface area contributed by atoms with Crippen molar-refractivity contribution in [2.75, 3.05) is 0 Å². The van der Waals surface area contributed by atoms with E-state index in [4.69, 9.17) is 0 Å². The molecule has 0 unspecified atom stereocenters. The zero-order valence-electron chi connectivity index (χ0n) is 28.6. The number of rotatable bonds is 3. The van der Waals surface area contributed by atoms with Gasteiger partial charge in [0.25, 0.3) is 0 Å². The van der Waals surface area contributed by atoms with Gasteiger partial charge >= 0.3 is 0 Å². The van der Waals surface area contributed by atoms with Gasteiger partial charge in [-0.15, -0.1) is 11.3 Å². The summed E-state index contributed by atoms with van der Waals surface area (Å²) in [6.07, 6.45) is 0. The number of aromatic nitrogens is 2. The van der Waals surface area contributed by atoms with Gasteiger partial charge in [-0.25, -0.2) is 0 Å². The molecule has 0 aliphatic heterocycles. The Morgan fingerprint density at radius 3 is 1.53 bits per heavy atom. The minimum absolute atomic E-state index is 1.21. The first-order chi connectivity index (χ1) is 26.3. The van der Waals surface area contributed by atoms with E-state index in [0.29, 0.717) is 0 Å². The maximum absolute atomic E-state index is 2.49. The normalized spacial score (nSPS) is 12.2. The van der Waals surface area contributed by atoms with Gasteiger partial charge in [-0.1, -0.05) is 121 Å². The van der Waals surface area contributed by atoms with Crippen LogP contribution in [0.5, 0.6) is 0 Å². The van der Waals surface area contributed by atoms with Gasteiger partial charge in [0, 0.05) is 52.5 Å². The Morgan fingerprint density at radius 2 is 0.811 bits per heavy atom. The van der Waals surface area contributed by atoms with E-state index in [1.54, 1.807) is 0 Å². The molecule has 0 atom stereocenters. The van der Waals surface area contributed by atoms with Crippen LogP contribution in [0.25, 0.3) is 108 Å². The van der Waals surface area contributed by atoms with Crippen LogP contribution in [-0.4, -0.2) is 9.13 Å². The summed E-state index contributed by atoms with van der Waals surface area (Å²) in [6.45, 7) is 0. The zero-order chi connectivity index (χ0) is 34.6. The average molecular weight is 691 g/mol. The maximum Gasteiger partial charge on any atom is 0.0548 e. The van der Waals surface area contributed by atoms with E-state index in [1.807, 2.05) is 11.3 Å². The van der Waals surface area contributed by atoms with Crippen molar-refractivity contribution >= 4 is 96.7 Å². The molecule has 246 valence electrons. The van der Waals surface area contributed by atoms with Crippen molar-refractivity contribution in [2.24, 2.45) is 0 Å². The van der Waals surface area contributed by atoms with Gasteiger partial charge in [-0.05, 0) is 82.6 Å². The summed E-state index contributed by atoms with van der Waals surface area (Å²) in [5.41, 5.74) is 9.73. The molecule has 3 heterocycles. The molecule has 12 aromatic rings. The lowest BCUT2D eigenvalue weighted by Gasteiger charge is -2.12. The lowest BCUT2D eigenvalue weighted by atomic mass is 9.99. The second kappa shape index (κ2) is 10.9. The number of fused-ring (bicyclic) bond motifs is 12. The van der Waals surface area contributed by atoms with Crippen LogP contribution in [0.4, 0.5) is 0 Å². The Morgan fingerprint density at radius 1 is 0.302 bits per heavy atom. The number of hydrogen-bond donors (Lipinski definition) is 0. The fourth-order valence-corrected chi connectivity index (χ4v) is 10.1. The van der Waals surface area contributed by atoms with Crippen LogP contribution in [0.2, 0.25) is 0 Å². The highest BCUT2D eigenvalue weighted by Crippen LogP contribution is 2.45. The van der Waals surface area contributed by atoms with Crippen molar-refractivity contribution in [1.29, 1.82) is 0 Å². The second-order valence-corrected chi connectivity index (χ2v) is 15.2. The topological polar surface area (TPSA) is 9.86 Å². The first kappa shape index (κ1) is 29.0. The van der Waals surface area contributed by atoms with Gasteiger partial charge < -0.3 is 9.13 Å². The Hall–Kier alpha value is -6.68. The van der Waals surface area contributed by atoms with Gasteiger partial charge in [0.05, 0.1) is 33.4 Å². The minimum atomic E-state index is 1.21. The summed E-state index contributed by atoms with van der Waals surface area (Å²) in [4.78, 5) is 0. The SMILES string of the molecule is c1ccc2c(-n3c4ccccc4c4cc(-c5ccc6c(c5)c5c7c(ccc5n6-c5cccc6ccccc56)sc5ccccc57)ccc43)cccc2c1. The monoisotopic (exact) mass is 690 g/mol. The first-order valence-corrected chi connectivity index (χ1v) is 19.0. The molecule has 53 heavy (non-hydrogen) atoms. The largest absolute Gasteiger partial charge is 0.309 e. The number of benzene rings is 9. The van der Waals surface area contributed by atoms with Crippen molar-refractivity contribution in [3.8, 4) is 22.5 Å². The third-order valence-electron chi connectivity index (χ3n) is 11.3. The van der Waals surface area contributed by atoms with E-state index in [-0.39, 0.29) is 0 Å². The standard InChI is InChI=1S/C50H30N2S/c1-3-15-35-31(11-1)13-9-20-41(35)51-43-19-7-5-17-37(43)39-29-33(23-25-44(39)51)34-24-26-45-40(30-34)49-46(27-28-48-50(49)38-18-6-8-22-47(38)53-48)52(45)42-21-10-14-32-12-2-4-16-36(32)42/h1-30H. The molecule has 0 saturated heterocycles. The van der Waals surface area contributed by atoms with Crippen LogP contribution in [0.3, 0.4) is 0 Å². The summed E-state index contributed by atoms with van der Waals surface area (Å²) in [6, 6.07) is 67.2. The summed E-state index contributed by atoms with van der Waals surface area (Å²) < 4.78 is 7.58. The third-order valence-corrected chi connectivity index (χ3v) is 12.4. The molecule has 0 bridgehead atoms. The fourth-order valence-electron chi connectivity index (χ4n) is 8.98. The van der Waals surface area contributed by atoms with E-state index in [0.717, 1.165) is 0 Å².